The van der Waals surface area contributed by atoms with E-state index in [9.17, 15) is 13.2 Å². The molecule has 1 aromatic rings. The lowest BCUT2D eigenvalue weighted by Crippen LogP contribution is -2.20. The van der Waals surface area contributed by atoms with E-state index in [0.29, 0.717) is 4.88 Å². The van der Waals surface area contributed by atoms with Crippen LogP contribution in [0.25, 0.3) is 0 Å². The minimum Gasteiger partial charge on any atom is -0.384 e. The number of ketones is 1. The van der Waals surface area contributed by atoms with Crippen molar-refractivity contribution in [3.05, 3.63) is 21.9 Å². The molecule has 0 aliphatic rings. The lowest BCUT2D eigenvalue weighted by atomic mass is 10.3. The first-order valence-electron chi connectivity index (χ1n) is 5.29. The monoisotopic (exact) mass is 276 g/mol. The van der Waals surface area contributed by atoms with Gasteiger partial charge in [0.1, 0.15) is 5.75 Å². The van der Waals surface area contributed by atoms with Gasteiger partial charge in [-0.25, -0.2) is 8.42 Å². The summed E-state index contributed by atoms with van der Waals surface area (Å²) in [7, 11) is -1.92. The Morgan fingerprint density at radius 1 is 1.41 bits per heavy atom. The highest BCUT2D eigenvalue weighted by Crippen LogP contribution is 2.18. The maximum absolute atomic E-state index is 11.7. The van der Waals surface area contributed by atoms with Crippen molar-refractivity contribution < 1.29 is 17.9 Å². The van der Waals surface area contributed by atoms with E-state index >= 15 is 0 Å². The highest BCUT2D eigenvalue weighted by Gasteiger charge is 2.19. The van der Waals surface area contributed by atoms with Gasteiger partial charge in [-0.2, -0.15) is 0 Å². The molecule has 4 nitrogen and oxygen atoms in total. The average molecular weight is 276 g/mol. The first kappa shape index (κ1) is 14.3. The minimum absolute atomic E-state index is 0.110. The molecule has 0 bridgehead atoms. The molecule has 0 aliphatic carbocycles. The molecular weight excluding hydrogens is 260 g/mol. The molecule has 6 heteroatoms. The zero-order valence-corrected chi connectivity index (χ0v) is 11.6. The Balaban J connectivity index is 2.65. The molecule has 0 saturated heterocycles. The van der Waals surface area contributed by atoms with Crippen LogP contribution in [-0.2, 0) is 21.0 Å². The van der Waals surface area contributed by atoms with Crippen LogP contribution in [-0.4, -0.2) is 39.4 Å². The highest BCUT2D eigenvalue weighted by atomic mass is 32.2. The number of Topliss-reactive ketones (excluding diaryl/α,β-unsaturated/α-hetero) is 1. The SMILES string of the molecule is CCc1ccc(C(=O)CS(=O)(=O)CCOC)s1. The molecule has 96 valence electrons. The van der Waals surface area contributed by atoms with E-state index in [4.69, 9.17) is 4.74 Å². The predicted molar refractivity (Wildman–Crippen MR) is 68.6 cm³/mol. The van der Waals surface area contributed by atoms with Crippen molar-refractivity contribution in [3.8, 4) is 0 Å². The van der Waals surface area contributed by atoms with Gasteiger partial charge in [-0.1, -0.05) is 6.92 Å². The number of aryl methyl sites for hydroxylation is 1. The van der Waals surface area contributed by atoms with Crippen molar-refractivity contribution in [2.45, 2.75) is 13.3 Å². The zero-order chi connectivity index (χ0) is 12.9. The lowest BCUT2D eigenvalue weighted by molar-refractivity contribution is 0.102. The van der Waals surface area contributed by atoms with Gasteiger partial charge in [0, 0.05) is 12.0 Å². The molecule has 17 heavy (non-hydrogen) atoms. The van der Waals surface area contributed by atoms with Crippen LogP contribution in [0.1, 0.15) is 21.5 Å². The number of hydrogen-bond acceptors (Lipinski definition) is 5. The smallest absolute Gasteiger partial charge is 0.187 e. The Kier molecular flexibility index (Phi) is 5.30. The Bertz CT molecular complexity index is 473. The van der Waals surface area contributed by atoms with Crippen LogP contribution in [0.2, 0.25) is 0 Å². The van der Waals surface area contributed by atoms with Crippen LogP contribution in [0.5, 0.6) is 0 Å². The summed E-state index contributed by atoms with van der Waals surface area (Å²) in [6.07, 6.45) is 0.856. The van der Waals surface area contributed by atoms with Crippen LogP contribution in [0.3, 0.4) is 0 Å². The first-order chi connectivity index (χ1) is 7.98. The summed E-state index contributed by atoms with van der Waals surface area (Å²) < 4.78 is 27.8. The molecule has 1 heterocycles. The minimum atomic E-state index is -3.36. The third-order valence-electron chi connectivity index (χ3n) is 2.23. The lowest BCUT2D eigenvalue weighted by Gasteiger charge is -2.01. The van der Waals surface area contributed by atoms with Crippen molar-refractivity contribution in [3.63, 3.8) is 0 Å². The maximum atomic E-state index is 11.7. The maximum Gasteiger partial charge on any atom is 0.187 e. The second kappa shape index (κ2) is 6.28. The van der Waals surface area contributed by atoms with E-state index in [1.807, 2.05) is 13.0 Å². The van der Waals surface area contributed by atoms with Crippen molar-refractivity contribution in [2.75, 3.05) is 25.2 Å². The molecule has 0 fully saturated rings. The Hall–Kier alpha value is -0.720. The van der Waals surface area contributed by atoms with Crippen LogP contribution in [0, 0.1) is 0 Å². The van der Waals surface area contributed by atoms with Gasteiger partial charge >= 0.3 is 0 Å². The zero-order valence-electron chi connectivity index (χ0n) is 9.93. The molecule has 0 N–H and O–H groups in total. The molecule has 0 saturated carbocycles. The first-order valence-corrected chi connectivity index (χ1v) is 7.93. The van der Waals surface area contributed by atoms with Crippen molar-refractivity contribution in [1.29, 1.82) is 0 Å². The molecule has 0 aliphatic heterocycles. The summed E-state index contributed by atoms with van der Waals surface area (Å²) >= 11 is 1.36. The number of methoxy groups -OCH3 is 1. The van der Waals surface area contributed by atoms with Crippen LogP contribution < -0.4 is 0 Å². The quantitative estimate of drug-likeness (QED) is 0.709. The number of carbonyl (C=O) groups is 1. The Morgan fingerprint density at radius 3 is 2.65 bits per heavy atom. The van der Waals surface area contributed by atoms with Crippen LogP contribution in [0.4, 0.5) is 0 Å². The largest absolute Gasteiger partial charge is 0.384 e. The second-order valence-electron chi connectivity index (χ2n) is 3.63. The summed E-state index contributed by atoms with van der Waals surface area (Å²) in [5, 5.41) is 0. The molecule has 1 aromatic heterocycles. The van der Waals surface area contributed by atoms with Gasteiger partial charge in [-0.15, -0.1) is 11.3 Å². The van der Waals surface area contributed by atoms with E-state index < -0.39 is 15.6 Å². The van der Waals surface area contributed by atoms with Crippen molar-refractivity contribution in [1.82, 2.24) is 0 Å². The summed E-state index contributed by atoms with van der Waals surface area (Å²) in [5.74, 6) is -0.868. The van der Waals surface area contributed by atoms with Crippen LogP contribution >= 0.6 is 11.3 Å². The fraction of sp³-hybridized carbons (Fsp3) is 0.545. The Labute approximate surface area is 106 Å². The van der Waals surface area contributed by atoms with E-state index in [-0.39, 0.29) is 18.1 Å². The third kappa shape index (κ3) is 4.57. The summed E-state index contributed by atoms with van der Waals surface area (Å²) in [6.45, 7) is 2.12. The van der Waals surface area contributed by atoms with Gasteiger partial charge in [0.25, 0.3) is 0 Å². The van der Waals surface area contributed by atoms with Gasteiger partial charge < -0.3 is 4.74 Å². The van der Waals surface area contributed by atoms with Crippen LogP contribution in [0.15, 0.2) is 12.1 Å². The van der Waals surface area contributed by atoms with Gasteiger partial charge in [0.2, 0.25) is 0 Å². The Morgan fingerprint density at radius 2 is 2.12 bits per heavy atom. The summed E-state index contributed by atoms with van der Waals surface area (Å²) in [4.78, 5) is 13.3. The normalized spacial score (nSPS) is 11.6. The number of thiophene rings is 1. The van der Waals surface area contributed by atoms with E-state index in [1.165, 1.54) is 18.4 Å². The van der Waals surface area contributed by atoms with Gasteiger partial charge in [0.15, 0.2) is 15.6 Å². The van der Waals surface area contributed by atoms with Crippen molar-refractivity contribution >= 4 is 27.0 Å². The average Bonchev–Trinajstić information content (AvgIpc) is 2.74. The fourth-order valence-electron chi connectivity index (χ4n) is 1.27. The van der Waals surface area contributed by atoms with Gasteiger partial charge in [0.05, 0.1) is 17.2 Å². The van der Waals surface area contributed by atoms with E-state index in [0.717, 1.165) is 11.3 Å². The number of hydrogen-bond donors (Lipinski definition) is 0. The number of rotatable bonds is 7. The molecule has 0 unspecified atom stereocenters. The van der Waals surface area contributed by atoms with E-state index in [1.54, 1.807) is 6.07 Å². The highest BCUT2D eigenvalue weighted by molar-refractivity contribution is 7.92. The predicted octanol–water partition coefficient (Wildman–Crippen LogP) is 1.55. The molecular formula is C11H16O4S2. The summed E-state index contributed by atoms with van der Waals surface area (Å²) in [5.41, 5.74) is 0. The second-order valence-corrected chi connectivity index (χ2v) is 6.98. The standard InChI is InChI=1S/C11H16O4S2/c1-3-9-4-5-11(16-9)10(12)8-17(13,14)7-6-15-2/h4-5H,3,6-8H2,1-2H3. The molecule has 0 amide bonds. The van der Waals surface area contributed by atoms with Gasteiger partial charge in [-0.3, -0.25) is 4.79 Å². The number of ether oxygens (including phenoxy) is 1. The molecule has 0 radical (unpaired) electrons. The summed E-state index contributed by atoms with van der Waals surface area (Å²) in [6, 6.07) is 3.55. The molecule has 0 aromatic carbocycles. The fourth-order valence-corrected chi connectivity index (χ4v) is 3.37. The topological polar surface area (TPSA) is 60.4 Å². The number of carbonyl (C=O) groups excluding carboxylic acids is 1. The van der Waals surface area contributed by atoms with Gasteiger partial charge in [-0.05, 0) is 18.6 Å². The molecule has 1 rings (SSSR count). The van der Waals surface area contributed by atoms with E-state index in [2.05, 4.69) is 0 Å². The number of sulfone groups is 1. The molecule has 0 atom stereocenters. The molecule has 0 spiro atoms. The van der Waals surface area contributed by atoms with Crippen molar-refractivity contribution in [2.24, 2.45) is 0 Å². The third-order valence-corrected chi connectivity index (χ3v) is 5.00.